The van der Waals surface area contributed by atoms with Crippen molar-refractivity contribution in [2.75, 3.05) is 6.54 Å². The number of carbonyl (C=O) groups is 2. The van der Waals surface area contributed by atoms with Crippen LogP contribution in [-0.4, -0.2) is 22.8 Å². The summed E-state index contributed by atoms with van der Waals surface area (Å²) in [7, 11) is 0. The maximum Gasteiger partial charge on any atom is 0.240 e. The SMILES string of the molecule is C=CCNC(=O)Cn1ccc(C(=O)C2CC2)c1. The van der Waals surface area contributed by atoms with Crippen LogP contribution >= 0.6 is 0 Å². The van der Waals surface area contributed by atoms with E-state index in [1.165, 1.54) is 0 Å². The standard InChI is InChI=1S/C13H16N2O2/c1-2-6-14-12(16)9-15-7-5-11(8-15)13(17)10-3-4-10/h2,5,7-8,10H,1,3-4,6,9H2,(H,14,16). The Kier molecular flexibility index (Phi) is 3.42. The van der Waals surface area contributed by atoms with Crippen LogP contribution in [0, 0.1) is 5.92 Å². The lowest BCUT2D eigenvalue weighted by Gasteiger charge is -2.03. The van der Waals surface area contributed by atoms with Gasteiger partial charge in [0.1, 0.15) is 6.54 Å². The third kappa shape index (κ3) is 3.06. The maximum atomic E-state index is 11.8. The molecule has 0 unspecified atom stereocenters. The number of rotatable bonds is 6. The first-order chi connectivity index (χ1) is 8.20. The lowest BCUT2D eigenvalue weighted by atomic mass is 10.1. The van der Waals surface area contributed by atoms with Gasteiger partial charge in [-0.2, -0.15) is 0 Å². The van der Waals surface area contributed by atoms with Crippen LogP contribution in [0.1, 0.15) is 23.2 Å². The van der Waals surface area contributed by atoms with Crippen molar-refractivity contribution in [1.82, 2.24) is 9.88 Å². The highest BCUT2D eigenvalue weighted by Gasteiger charge is 2.30. The lowest BCUT2D eigenvalue weighted by molar-refractivity contribution is -0.121. The molecule has 0 atom stereocenters. The van der Waals surface area contributed by atoms with Crippen LogP contribution in [0.5, 0.6) is 0 Å². The van der Waals surface area contributed by atoms with Crippen LogP contribution < -0.4 is 5.32 Å². The maximum absolute atomic E-state index is 11.8. The Bertz CT molecular complexity index is 444. The highest BCUT2D eigenvalue weighted by molar-refractivity contribution is 5.99. The Morgan fingerprint density at radius 2 is 2.29 bits per heavy atom. The third-order valence-corrected chi connectivity index (χ3v) is 2.75. The summed E-state index contributed by atoms with van der Waals surface area (Å²) in [6, 6.07) is 1.78. The van der Waals surface area contributed by atoms with E-state index in [9.17, 15) is 9.59 Å². The van der Waals surface area contributed by atoms with Gasteiger partial charge in [0.15, 0.2) is 5.78 Å². The van der Waals surface area contributed by atoms with Gasteiger partial charge in [-0.15, -0.1) is 6.58 Å². The minimum atomic E-state index is -0.0779. The topological polar surface area (TPSA) is 51.1 Å². The van der Waals surface area contributed by atoms with Gasteiger partial charge in [0.05, 0.1) is 0 Å². The highest BCUT2D eigenvalue weighted by Crippen LogP contribution is 2.32. The lowest BCUT2D eigenvalue weighted by Crippen LogP contribution is -2.27. The summed E-state index contributed by atoms with van der Waals surface area (Å²) in [6.07, 6.45) is 7.15. The molecule has 1 aromatic rings. The van der Waals surface area contributed by atoms with Crippen LogP contribution in [0.2, 0.25) is 0 Å². The second-order valence-corrected chi connectivity index (χ2v) is 4.30. The molecule has 2 rings (SSSR count). The average Bonchev–Trinajstić information content (AvgIpc) is 3.06. The molecule has 1 saturated carbocycles. The Labute approximate surface area is 100 Å². The monoisotopic (exact) mass is 232 g/mol. The number of nitrogens with one attached hydrogen (secondary N) is 1. The van der Waals surface area contributed by atoms with Crippen LogP contribution in [-0.2, 0) is 11.3 Å². The van der Waals surface area contributed by atoms with Crippen molar-refractivity contribution in [3.63, 3.8) is 0 Å². The molecule has 1 heterocycles. The van der Waals surface area contributed by atoms with Crippen molar-refractivity contribution < 1.29 is 9.59 Å². The fourth-order valence-electron chi connectivity index (χ4n) is 1.67. The summed E-state index contributed by atoms with van der Waals surface area (Å²) in [5.74, 6) is 0.349. The zero-order valence-electron chi connectivity index (χ0n) is 9.69. The Balaban J connectivity index is 1.91. The molecule has 4 nitrogen and oxygen atoms in total. The molecular weight excluding hydrogens is 216 g/mol. The van der Waals surface area contributed by atoms with Gasteiger partial charge in [-0.25, -0.2) is 0 Å². The van der Waals surface area contributed by atoms with Crippen molar-refractivity contribution in [3.05, 3.63) is 36.7 Å². The van der Waals surface area contributed by atoms with E-state index in [4.69, 9.17) is 0 Å². The number of ketones is 1. The molecule has 1 N–H and O–H groups in total. The fourth-order valence-corrected chi connectivity index (χ4v) is 1.67. The summed E-state index contributed by atoms with van der Waals surface area (Å²) in [5.41, 5.74) is 0.712. The summed E-state index contributed by atoms with van der Waals surface area (Å²) in [5, 5.41) is 2.69. The second kappa shape index (κ2) is 4.99. The molecule has 0 bridgehead atoms. The summed E-state index contributed by atoms with van der Waals surface area (Å²) in [4.78, 5) is 23.2. The third-order valence-electron chi connectivity index (χ3n) is 2.75. The molecule has 4 heteroatoms. The minimum absolute atomic E-state index is 0.0779. The van der Waals surface area contributed by atoms with Crippen molar-refractivity contribution in [2.24, 2.45) is 5.92 Å². The first kappa shape index (κ1) is 11.6. The Morgan fingerprint density at radius 1 is 1.53 bits per heavy atom. The Hall–Kier alpha value is -1.84. The van der Waals surface area contributed by atoms with Gasteiger partial charge in [-0.1, -0.05) is 6.08 Å². The van der Waals surface area contributed by atoms with E-state index in [-0.39, 0.29) is 24.2 Å². The van der Waals surface area contributed by atoms with Crippen molar-refractivity contribution >= 4 is 11.7 Å². The van der Waals surface area contributed by atoms with Crippen LogP contribution in [0.3, 0.4) is 0 Å². The number of nitrogens with zero attached hydrogens (tertiary/aromatic N) is 1. The van der Waals surface area contributed by atoms with E-state index >= 15 is 0 Å². The van der Waals surface area contributed by atoms with E-state index in [2.05, 4.69) is 11.9 Å². The summed E-state index contributed by atoms with van der Waals surface area (Å²) >= 11 is 0. The van der Waals surface area contributed by atoms with Crippen molar-refractivity contribution in [2.45, 2.75) is 19.4 Å². The van der Waals surface area contributed by atoms with Gasteiger partial charge in [-0.05, 0) is 18.9 Å². The molecule has 0 spiro atoms. The number of aromatic nitrogens is 1. The van der Waals surface area contributed by atoms with E-state index in [1.807, 2.05) is 0 Å². The fraction of sp³-hybridized carbons (Fsp3) is 0.385. The van der Waals surface area contributed by atoms with E-state index < -0.39 is 0 Å². The molecule has 0 aromatic carbocycles. The molecule has 1 aliphatic rings. The molecular formula is C13H16N2O2. The van der Waals surface area contributed by atoms with E-state index in [0.29, 0.717) is 12.1 Å². The summed E-state index contributed by atoms with van der Waals surface area (Å²) in [6.45, 7) is 4.24. The molecule has 1 amide bonds. The molecule has 17 heavy (non-hydrogen) atoms. The smallest absolute Gasteiger partial charge is 0.240 e. The first-order valence-electron chi connectivity index (χ1n) is 5.78. The number of carbonyl (C=O) groups excluding carboxylic acids is 2. The van der Waals surface area contributed by atoms with Crippen LogP contribution in [0.4, 0.5) is 0 Å². The zero-order valence-corrected chi connectivity index (χ0v) is 9.69. The quantitative estimate of drug-likeness (QED) is 0.595. The second-order valence-electron chi connectivity index (χ2n) is 4.30. The predicted octanol–water partition coefficient (Wildman–Crippen LogP) is 1.38. The van der Waals surface area contributed by atoms with Crippen molar-refractivity contribution in [3.8, 4) is 0 Å². The van der Waals surface area contributed by atoms with Crippen LogP contribution in [0.25, 0.3) is 0 Å². The average molecular weight is 232 g/mol. The Morgan fingerprint density at radius 3 is 2.94 bits per heavy atom. The first-order valence-corrected chi connectivity index (χ1v) is 5.78. The normalized spacial score (nSPS) is 14.4. The molecule has 1 aliphatic carbocycles. The molecule has 1 aromatic heterocycles. The molecule has 0 saturated heterocycles. The highest BCUT2D eigenvalue weighted by atomic mass is 16.2. The van der Waals surface area contributed by atoms with Crippen LogP contribution in [0.15, 0.2) is 31.1 Å². The number of Topliss-reactive ketones (excluding diaryl/α,β-unsaturated/α-hetero) is 1. The molecule has 0 radical (unpaired) electrons. The van der Waals surface area contributed by atoms with Crippen molar-refractivity contribution in [1.29, 1.82) is 0 Å². The van der Waals surface area contributed by atoms with Gasteiger partial charge >= 0.3 is 0 Å². The van der Waals surface area contributed by atoms with E-state index in [1.54, 1.807) is 29.1 Å². The van der Waals surface area contributed by atoms with Gasteiger partial charge in [-0.3, -0.25) is 9.59 Å². The molecule has 1 fully saturated rings. The minimum Gasteiger partial charge on any atom is -0.351 e. The van der Waals surface area contributed by atoms with Gasteiger partial charge in [0, 0.05) is 30.4 Å². The van der Waals surface area contributed by atoms with Gasteiger partial charge in [0.2, 0.25) is 5.91 Å². The number of amides is 1. The molecule has 90 valence electrons. The van der Waals surface area contributed by atoms with E-state index in [0.717, 1.165) is 12.8 Å². The summed E-state index contributed by atoms with van der Waals surface area (Å²) < 4.78 is 1.73. The number of hydrogen-bond acceptors (Lipinski definition) is 2. The number of hydrogen-bond donors (Lipinski definition) is 1. The largest absolute Gasteiger partial charge is 0.351 e. The molecule has 0 aliphatic heterocycles. The zero-order chi connectivity index (χ0) is 12.3. The van der Waals surface area contributed by atoms with Gasteiger partial charge < -0.3 is 9.88 Å². The van der Waals surface area contributed by atoms with Gasteiger partial charge in [0.25, 0.3) is 0 Å². The predicted molar refractivity (Wildman–Crippen MR) is 64.7 cm³/mol.